The fourth-order valence-corrected chi connectivity index (χ4v) is 31.4. The van der Waals surface area contributed by atoms with Crippen molar-refractivity contribution >= 4 is 92.8 Å². The van der Waals surface area contributed by atoms with Gasteiger partial charge in [0, 0.05) is 9.75 Å². The molecule has 0 nitrogen and oxygen atoms in total. The van der Waals surface area contributed by atoms with Gasteiger partial charge in [-0.25, -0.2) is 0 Å². The zero-order valence-electron chi connectivity index (χ0n) is 30.8. The van der Waals surface area contributed by atoms with Crippen LogP contribution in [-0.2, 0) is 0 Å². The Morgan fingerprint density at radius 2 is 0.809 bits per heavy atom. The van der Waals surface area contributed by atoms with E-state index in [-0.39, 0.29) is 0 Å². The smallest absolute Gasteiger partial charge is 0.144 e. The molecule has 0 N–H and O–H groups in total. The largest absolute Gasteiger partial charge is 0.182 e. The number of hydrogen-bond acceptors (Lipinski definition) is 2. The molecule has 0 atom stereocenters. The maximum absolute atomic E-state index is 2.77. The molecular weight excluding hydrogens is 685 g/mol. The summed E-state index contributed by atoms with van der Waals surface area (Å²) >= 11 is 4.33. The predicted molar refractivity (Wildman–Crippen MR) is 232 cm³/mol. The molecule has 7 heteroatoms. The van der Waals surface area contributed by atoms with E-state index >= 15 is 0 Å². The van der Waals surface area contributed by atoms with Crippen molar-refractivity contribution in [1.82, 2.24) is 0 Å². The summed E-state index contributed by atoms with van der Waals surface area (Å²) in [6, 6.07) is 36.9. The third-order valence-electron chi connectivity index (χ3n) is 12.1. The molecule has 0 amide bonds. The summed E-state index contributed by atoms with van der Waals surface area (Å²) in [5.74, 6) is 0. The highest BCUT2D eigenvalue weighted by Crippen LogP contribution is 2.37. The van der Waals surface area contributed by atoms with E-state index in [9.17, 15) is 0 Å². The first-order valence-corrected chi connectivity index (χ1v) is 33.4. The molecule has 0 unspecified atom stereocenters. The summed E-state index contributed by atoms with van der Waals surface area (Å²) in [7, 11) is -8.71. The van der Waals surface area contributed by atoms with Gasteiger partial charge < -0.3 is 0 Å². The molecule has 47 heavy (non-hydrogen) atoms. The van der Waals surface area contributed by atoms with Gasteiger partial charge in [-0.15, -0.1) is 34.1 Å². The van der Waals surface area contributed by atoms with Crippen molar-refractivity contribution in [3.8, 4) is 9.75 Å². The Morgan fingerprint density at radius 3 is 1.11 bits per heavy atom. The highest BCUT2D eigenvalue weighted by Gasteiger charge is 2.52. The van der Waals surface area contributed by atoms with E-state index in [4.69, 9.17) is 0 Å². The molecule has 2 aromatic carbocycles. The van der Waals surface area contributed by atoms with E-state index in [1.54, 1.807) is 29.1 Å². The molecule has 0 spiro atoms. The quantitative estimate of drug-likeness (QED) is 0.0996. The van der Waals surface area contributed by atoms with Gasteiger partial charge in [0.2, 0.25) is 0 Å². The molecule has 3 heterocycles. The molecule has 1 aliphatic heterocycles. The van der Waals surface area contributed by atoms with Crippen molar-refractivity contribution in [1.29, 1.82) is 0 Å². The van der Waals surface area contributed by atoms with Crippen LogP contribution in [0.4, 0.5) is 0 Å². The summed E-state index contributed by atoms with van der Waals surface area (Å²) in [4.78, 5) is 3.19. The zero-order valence-corrected chi connectivity index (χ0v) is 37.4. The Kier molecular flexibility index (Phi) is 11.2. The van der Waals surface area contributed by atoms with E-state index in [0.717, 1.165) is 0 Å². The molecular formula is C40H58S2Si5. The Labute approximate surface area is 300 Å². The lowest BCUT2D eigenvalue weighted by atomic mass is 10.4. The fourth-order valence-electron chi connectivity index (χ4n) is 7.76. The second-order valence-electron chi connectivity index (χ2n) is 15.1. The molecule has 0 saturated carbocycles. The topological polar surface area (TPSA) is 0 Å². The van der Waals surface area contributed by atoms with Crippen LogP contribution in [0.2, 0.25) is 62.5 Å². The second-order valence-corrected chi connectivity index (χ2v) is 40.7. The van der Waals surface area contributed by atoms with Gasteiger partial charge in [-0.1, -0.05) is 188 Å². The number of thiophene rings is 2. The summed E-state index contributed by atoms with van der Waals surface area (Å²) in [5.41, 5.74) is 11.0. The van der Waals surface area contributed by atoms with Gasteiger partial charge >= 0.3 is 0 Å². The monoisotopic (exact) mass is 742 g/mol. The van der Waals surface area contributed by atoms with Gasteiger partial charge in [-0.3, -0.25) is 0 Å². The van der Waals surface area contributed by atoms with Crippen LogP contribution in [0.25, 0.3) is 9.75 Å². The van der Waals surface area contributed by atoms with Crippen LogP contribution in [0, 0.1) is 0 Å². The molecule has 4 aromatic rings. The van der Waals surface area contributed by atoms with Gasteiger partial charge in [-0.2, -0.15) is 0 Å². The summed E-state index contributed by atoms with van der Waals surface area (Å²) in [6.45, 7) is 25.0. The standard InChI is InChI=1S/C40H58S2Si5/c1-11-45(12-2,13-3)29-27-43(7,8)37-31-35-39(41-37)40-36(32-38(42-40)44(9,10)28-30-46(14-4,15-5)16-6)47(35,33-23-19-17-20-24-33)34-25-21-18-22-26-34/h17-32H,11-16H2,1-10H3/b29-27+,30-28+. The van der Waals surface area contributed by atoms with Crippen LogP contribution in [0.15, 0.2) is 95.6 Å². The van der Waals surface area contributed by atoms with E-state index in [1.807, 2.05) is 0 Å². The highest BCUT2D eigenvalue weighted by atomic mass is 32.1. The molecule has 250 valence electrons. The van der Waals surface area contributed by atoms with Crippen LogP contribution < -0.4 is 29.7 Å². The average molecular weight is 743 g/mol. The number of hydrogen-bond donors (Lipinski definition) is 0. The SMILES string of the molecule is CC[Si](/C=C/[Si](C)(C)c1cc2c(s1)-c1sc([Si](C)(C)/C=C/[Si](CC)(CC)CC)cc1[Si]2(c1ccccc1)c1ccccc1)(CC)CC. The van der Waals surface area contributed by atoms with Crippen LogP contribution >= 0.6 is 22.7 Å². The van der Waals surface area contributed by atoms with E-state index < -0.39 is 40.4 Å². The maximum atomic E-state index is 2.77. The fraction of sp³-hybridized carbons (Fsp3) is 0.400. The van der Waals surface area contributed by atoms with Gasteiger partial charge in [-0.05, 0) is 29.7 Å². The number of benzene rings is 2. The third-order valence-corrected chi connectivity index (χ3v) is 38.8. The summed E-state index contributed by atoms with van der Waals surface area (Å²) in [6.07, 6.45) is 0. The van der Waals surface area contributed by atoms with E-state index in [1.165, 1.54) is 46.6 Å². The van der Waals surface area contributed by atoms with Gasteiger partial charge in [0.25, 0.3) is 0 Å². The molecule has 0 radical (unpaired) electrons. The first-order chi connectivity index (χ1) is 22.4. The van der Waals surface area contributed by atoms with Crippen molar-refractivity contribution in [2.45, 2.75) is 104 Å². The third kappa shape index (κ3) is 6.55. The van der Waals surface area contributed by atoms with Crippen molar-refractivity contribution in [3.63, 3.8) is 0 Å². The summed E-state index contributed by atoms with van der Waals surface area (Å²) in [5, 5.41) is 6.39. The van der Waals surface area contributed by atoms with Crippen molar-refractivity contribution in [2.24, 2.45) is 0 Å². The Hall–Kier alpha value is -1.60. The minimum atomic E-state index is -2.47. The lowest BCUT2D eigenvalue weighted by Crippen LogP contribution is -2.73. The lowest BCUT2D eigenvalue weighted by molar-refractivity contribution is 1.19. The van der Waals surface area contributed by atoms with Gasteiger partial charge in [0.05, 0.1) is 16.1 Å². The van der Waals surface area contributed by atoms with Crippen LogP contribution in [-0.4, -0.2) is 40.4 Å². The molecule has 0 aliphatic carbocycles. The van der Waals surface area contributed by atoms with Gasteiger partial charge in [0.1, 0.15) is 16.1 Å². The van der Waals surface area contributed by atoms with Crippen molar-refractivity contribution in [2.75, 3.05) is 0 Å². The average Bonchev–Trinajstić information content (AvgIpc) is 3.80. The lowest BCUT2D eigenvalue weighted by Gasteiger charge is -2.30. The summed E-state index contributed by atoms with van der Waals surface area (Å²) < 4.78 is 3.32. The second kappa shape index (κ2) is 14.3. The number of rotatable bonds is 14. The minimum absolute atomic E-state index is 1.33. The molecule has 0 saturated heterocycles. The minimum Gasteiger partial charge on any atom is -0.144 e. The molecule has 0 bridgehead atoms. The van der Waals surface area contributed by atoms with Crippen LogP contribution in [0.1, 0.15) is 41.5 Å². The Bertz CT molecular complexity index is 1560. The Balaban J connectivity index is 1.75. The van der Waals surface area contributed by atoms with E-state index in [2.05, 4.69) is 186 Å². The van der Waals surface area contributed by atoms with E-state index in [0.29, 0.717) is 0 Å². The normalized spacial score (nSPS) is 15.1. The zero-order chi connectivity index (χ0) is 34.1. The van der Waals surface area contributed by atoms with Crippen LogP contribution in [0.5, 0.6) is 0 Å². The first kappa shape index (κ1) is 36.7. The van der Waals surface area contributed by atoms with Crippen molar-refractivity contribution < 1.29 is 0 Å². The molecule has 2 aromatic heterocycles. The Morgan fingerprint density at radius 1 is 0.489 bits per heavy atom. The number of fused-ring (bicyclic) bond motifs is 3. The van der Waals surface area contributed by atoms with Crippen LogP contribution in [0.3, 0.4) is 0 Å². The first-order valence-electron chi connectivity index (χ1n) is 18.2. The maximum Gasteiger partial charge on any atom is 0.182 e. The molecule has 0 fully saturated rings. The molecule has 5 rings (SSSR count). The predicted octanol–water partition coefficient (Wildman–Crippen LogP) is 9.28. The highest BCUT2D eigenvalue weighted by molar-refractivity contribution is 7.41. The van der Waals surface area contributed by atoms with Gasteiger partial charge in [0.15, 0.2) is 8.07 Å². The molecule has 1 aliphatic rings. The van der Waals surface area contributed by atoms with Crippen molar-refractivity contribution in [3.05, 3.63) is 95.6 Å².